The molecule has 19 heavy (non-hydrogen) atoms. The summed E-state index contributed by atoms with van der Waals surface area (Å²) >= 11 is 0. The summed E-state index contributed by atoms with van der Waals surface area (Å²) in [5.74, 6) is 0. The Kier molecular flexibility index (Phi) is 4.99. The maximum absolute atomic E-state index is 6.02. The second-order valence-electron chi connectivity index (χ2n) is 6.06. The minimum absolute atomic E-state index is 0.301. The average Bonchev–Trinajstić information content (AvgIpc) is 2.90. The summed E-state index contributed by atoms with van der Waals surface area (Å²) in [5.41, 5.74) is 7.27. The largest absolute Gasteiger partial charge is 0.329 e. The summed E-state index contributed by atoms with van der Waals surface area (Å²) < 4.78 is 2.02. The molecule has 1 fully saturated rings. The fourth-order valence-corrected chi connectivity index (χ4v) is 3.09. The summed E-state index contributed by atoms with van der Waals surface area (Å²) in [6, 6.07) is 1.40. The molecule has 1 heterocycles. The highest BCUT2D eigenvalue weighted by Gasteiger charge is 2.25. The Balaban J connectivity index is 2.08. The van der Waals surface area contributed by atoms with Gasteiger partial charge in [0.2, 0.25) is 0 Å². The number of nitrogens with zero attached hydrogens (tertiary/aromatic N) is 3. The molecule has 4 heteroatoms. The highest BCUT2D eigenvalue weighted by atomic mass is 15.3. The smallest absolute Gasteiger partial charge is 0.0538 e. The minimum atomic E-state index is 0.301. The van der Waals surface area contributed by atoms with Crippen LogP contribution in [0.25, 0.3) is 0 Å². The third-order valence-corrected chi connectivity index (χ3v) is 4.40. The summed E-state index contributed by atoms with van der Waals surface area (Å²) in [5, 5.41) is 4.45. The van der Waals surface area contributed by atoms with Gasteiger partial charge in [-0.15, -0.1) is 0 Å². The molecule has 0 amide bonds. The molecule has 0 saturated heterocycles. The van der Waals surface area contributed by atoms with Crippen molar-refractivity contribution in [2.45, 2.75) is 64.1 Å². The molecule has 1 aromatic rings. The third kappa shape index (κ3) is 3.37. The maximum atomic E-state index is 6.02. The quantitative estimate of drug-likeness (QED) is 0.889. The molecule has 2 rings (SSSR count). The van der Waals surface area contributed by atoms with Gasteiger partial charge in [0, 0.05) is 30.4 Å². The first-order chi connectivity index (χ1) is 9.13. The number of aromatic nitrogens is 2. The van der Waals surface area contributed by atoms with Gasteiger partial charge in [0.1, 0.15) is 0 Å². The molecule has 1 aliphatic rings. The first-order valence-corrected chi connectivity index (χ1v) is 7.59. The summed E-state index contributed by atoms with van der Waals surface area (Å²) in [4.78, 5) is 2.47. The molecule has 4 nitrogen and oxygen atoms in total. The van der Waals surface area contributed by atoms with Crippen molar-refractivity contribution >= 4 is 0 Å². The van der Waals surface area contributed by atoms with E-state index in [1.807, 2.05) is 10.9 Å². The Morgan fingerprint density at radius 2 is 2.05 bits per heavy atom. The zero-order valence-electron chi connectivity index (χ0n) is 12.5. The molecule has 0 aliphatic heterocycles. The number of rotatable bonds is 5. The number of hydrogen-bond acceptors (Lipinski definition) is 3. The zero-order valence-corrected chi connectivity index (χ0v) is 12.5. The molecule has 0 bridgehead atoms. The van der Waals surface area contributed by atoms with Gasteiger partial charge in [-0.1, -0.05) is 19.3 Å². The van der Waals surface area contributed by atoms with Crippen LogP contribution < -0.4 is 5.73 Å². The van der Waals surface area contributed by atoms with E-state index in [-0.39, 0.29) is 0 Å². The molecule has 0 aromatic carbocycles. The fourth-order valence-electron chi connectivity index (χ4n) is 3.09. The number of likely N-dealkylation sites (N-methyl/N-ethyl adjacent to an activating group) is 1. The Bertz CT molecular complexity index is 379. The van der Waals surface area contributed by atoms with Gasteiger partial charge in [0.25, 0.3) is 0 Å². The van der Waals surface area contributed by atoms with Crippen molar-refractivity contribution in [3.05, 3.63) is 18.0 Å². The van der Waals surface area contributed by atoms with E-state index in [1.165, 1.54) is 37.7 Å². The van der Waals surface area contributed by atoms with Crippen LogP contribution in [0.4, 0.5) is 0 Å². The first-order valence-electron chi connectivity index (χ1n) is 7.59. The predicted molar refractivity (Wildman–Crippen MR) is 79.0 cm³/mol. The highest BCUT2D eigenvalue weighted by molar-refractivity contribution is 5.12. The lowest BCUT2D eigenvalue weighted by atomic mass is 9.93. The summed E-state index contributed by atoms with van der Waals surface area (Å²) in [6.07, 6.45) is 10.9. The number of hydrogen-bond donors (Lipinski definition) is 1. The van der Waals surface area contributed by atoms with Gasteiger partial charge in [-0.2, -0.15) is 5.10 Å². The zero-order chi connectivity index (χ0) is 13.8. The van der Waals surface area contributed by atoms with E-state index in [0.717, 1.165) is 0 Å². The van der Waals surface area contributed by atoms with E-state index >= 15 is 0 Å². The maximum Gasteiger partial charge on any atom is 0.0538 e. The van der Waals surface area contributed by atoms with Crippen LogP contribution in [0.3, 0.4) is 0 Å². The molecule has 1 atom stereocenters. The van der Waals surface area contributed by atoms with Gasteiger partial charge < -0.3 is 5.73 Å². The molecule has 2 N–H and O–H groups in total. The molecule has 1 saturated carbocycles. The summed E-state index contributed by atoms with van der Waals surface area (Å²) in [7, 11) is 2.22. The van der Waals surface area contributed by atoms with Crippen LogP contribution in [-0.2, 0) is 0 Å². The van der Waals surface area contributed by atoms with Crippen molar-refractivity contribution < 1.29 is 0 Å². The molecule has 1 unspecified atom stereocenters. The molecule has 1 aliphatic carbocycles. The Hall–Kier alpha value is -0.870. The van der Waals surface area contributed by atoms with Crippen LogP contribution in [0.1, 0.15) is 63.6 Å². The van der Waals surface area contributed by atoms with Gasteiger partial charge in [-0.25, -0.2) is 0 Å². The Morgan fingerprint density at radius 1 is 1.37 bits per heavy atom. The van der Waals surface area contributed by atoms with Crippen molar-refractivity contribution in [3.63, 3.8) is 0 Å². The van der Waals surface area contributed by atoms with E-state index in [2.05, 4.69) is 37.1 Å². The van der Waals surface area contributed by atoms with E-state index in [9.17, 15) is 0 Å². The van der Waals surface area contributed by atoms with Crippen molar-refractivity contribution in [1.29, 1.82) is 0 Å². The van der Waals surface area contributed by atoms with E-state index in [1.54, 1.807) is 0 Å². The van der Waals surface area contributed by atoms with Crippen LogP contribution in [0, 0.1) is 0 Å². The van der Waals surface area contributed by atoms with Crippen LogP contribution in [0.15, 0.2) is 12.4 Å². The SMILES string of the molecule is CC(C)n1cc(C(CN)N(C)C2CCCCC2)cn1. The van der Waals surface area contributed by atoms with E-state index in [4.69, 9.17) is 5.73 Å². The fraction of sp³-hybridized carbons (Fsp3) is 0.800. The standard InChI is InChI=1S/C15H28N4/c1-12(2)19-11-13(10-17-19)15(9-16)18(3)14-7-5-4-6-8-14/h10-12,14-15H,4-9,16H2,1-3H3. The Morgan fingerprint density at radius 3 is 2.58 bits per heavy atom. The highest BCUT2D eigenvalue weighted by Crippen LogP contribution is 2.28. The van der Waals surface area contributed by atoms with Crippen LogP contribution in [-0.4, -0.2) is 34.3 Å². The van der Waals surface area contributed by atoms with Crippen molar-refractivity contribution in [2.75, 3.05) is 13.6 Å². The topological polar surface area (TPSA) is 47.1 Å². The average molecular weight is 264 g/mol. The van der Waals surface area contributed by atoms with Crippen molar-refractivity contribution in [2.24, 2.45) is 5.73 Å². The van der Waals surface area contributed by atoms with Crippen molar-refractivity contribution in [1.82, 2.24) is 14.7 Å². The monoisotopic (exact) mass is 264 g/mol. The van der Waals surface area contributed by atoms with Gasteiger partial charge in [-0.3, -0.25) is 9.58 Å². The number of nitrogens with two attached hydrogens (primary N) is 1. The lowest BCUT2D eigenvalue weighted by Crippen LogP contribution is -2.39. The molecule has 1 aromatic heterocycles. The van der Waals surface area contributed by atoms with E-state index < -0.39 is 0 Å². The van der Waals surface area contributed by atoms with Gasteiger partial charge in [-0.05, 0) is 33.7 Å². The molecular weight excluding hydrogens is 236 g/mol. The molecule has 0 spiro atoms. The summed E-state index contributed by atoms with van der Waals surface area (Å²) in [6.45, 7) is 4.97. The van der Waals surface area contributed by atoms with Gasteiger partial charge >= 0.3 is 0 Å². The second-order valence-corrected chi connectivity index (χ2v) is 6.06. The molecular formula is C15H28N4. The normalized spacial score (nSPS) is 19.3. The molecule has 108 valence electrons. The van der Waals surface area contributed by atoms with Crippen LogP contribution >= 0.6 is 0 Å². The first kappa shape index (κ1) is 14.5. The van der Waals surface area contributed by atoms with Crippen LogP contribution in [0.2, 0.25) is 0 Å². The van der Waals surface area contributed by atoms with Gasteiger partial charge in [0.15, 0.2) is 0 Å². The third-order valence-electron chi connectivity index (χ3n) is 4.40. The Labute approximate surface area is 117 Å². The minimum Gasteiger partial charge on any atom is -0.329 e. The van der Waals surface area contributed by atoms with Crippen LogP contribution in [0.5, 0.6) is 0 Å². The van der Waals surface area contributed by atoms with Gasteiger partial charge in [0.05, 0.1) is 12.2 Å². The van der Waals surface area contributed by atoms with E-state index in [0.29, 0.717) is 24.7 Å². The lowest BCUT2D eigenvalue weighted by Gasteiger charge is -2.36. The predicted octanol–water partition coefficient (Wildman–Crippen LogP) is 2.73. The van der Waals surface area contributed by atoms with Crippen molar-refractivity contribution in [3.8, 4) is 0 Å². The lowest BCUT2D eigenvalue weighted by molar-refractivity contribution is 0.140. The molecule has 0 radical (unpaired) electrons. The second kappa shape index (κ2) is 6.53.